The highest BCUT2D eigenvalue weighted by Crippen LogP contribution is 2.26. The largest absolute Gasteiger partial charge is 0.296 e. The monoisotopic (exact) mass is 213 g/mol. The lowest BCUT2D eigenvalue weighted by atomic mass is 10.0. The topological polar surface area (TPSA) is 12.4 Å². The van der Waals surface area contributed by atoms with Crippen LogP contribution in [-0.2, 0) is 0 Å². The minimum absolute atomic E-state index is 1.01. The van der Waals surface area contributed by atoms with Gasteiger partial charge in [0.1, 0.15) is 0 Å². The van der Waals surface area contributed by atoms with Crippen molar-refractivity contribution in [2.75, 3.05) is 7.05 Å². The van der Waals surface area contributed by atoms with Crippen LogP contribution in [0.3, 0.4) is 0 Å². The second-order valence-corrected chi connectivity index (χ2v) is 3.64. The molecule has 1 rings (SSSR count). The highest BCUT2D eigenvalue weighted by atomic mass is 14.6. The molecule has 0 radical (unpaired) electrons. The maximum absolute atomic E-state index is 3.99. The number of aliphatic imine (C=N–C) groups is 1. The fourth-order valence-corrected chi connectivity index (χ4v) is 1.68. The van der Waals surface area contributed by atoms with Crippen LogP contribution >= 0.6 is 0 Å². The zero-order valence-electron chi connectivity index (χ0n) is 10.3. The Hall–Kier alpha value is -1.63. The van der Waals surface area contributed by atoms with Crippen molar-refractivity contribution in [2.45, 2.75) is 20.3 Å². The fourth-order valence-electron chi connectivity index (χ4n) is 1.68. The van der Waals surface area contributed by atoms with Crippen molar-refractivity contribution >= 4 is 6.21 Å². The van der Waals surface area contributed by atoms with Gasteiger partial charge in [-0.15, -0.1) is 0 Å². The molecule has 1 heteroatoms. The van der Waals surface area contributed by atoms with Crippen LogP contribution in [-0.4, -0.2) is 13.3 Å². The molecule has 0 spiro atoms. The van der Waals surface area contributed by atoms with Crippen molar-refractivity contribution in [2.24, 2.45) is 4.99 Å². The van der Waals surface area contributed by atoms with E-state index >= 15 is 0 Å². The quantitative estimate of drug-likeness (QED) is 0.494. The molecular weight excluding hydrogens is 194 g/mol. The number of hydrogen-bond acceptors (Lipinski definition) is 1. The third-order valence-electron chi connectivity index (χ3n) is 2.39. The van der Waals surface area contributed by atoms with Crippen molar-refractivity contribution in [3.63, 3.8) is 0 Å². The van der Waals surface area contributed by atoms with E-state index in [0.29, 0.717) is 0 Å². The van der Waals surface area contributed by atoms with E-state index in [1.54, 1.807) is 7.05 Å². The fraction of sp³-hybridized carbons (Fsp3) is 0.267. The Morgan fingerprint density at radius 2 is 2.06 bits per heavy atom. The van der Waals surface area contributed by atoms with Crippen LogP contribution in [0, 0.1) is 0 Å². The standard InChI is InChI=1S/C15H19N/c1-4-6-13-8-9-15(12-13)14(7-5-2)10-11-16-3/h4-11H,12H2,1-3H3/b6-4+,7-5+,14-10+,16-11?. The van der Waals surface area contributed by atoms with Gasteiger partial charge in [0.2, 0.25) is 0 Å². The van der Waals surface area contributed by atoms with Crippen LogP contribution in [0.5, 0.6) is 0 Å². The first-order valence-electron chi connectivity index (χ1n) is 5.59. The molecule has 0 aliphatic heterocycles. The summed E-state index contributed by atoms with van der Waals surface area (Å²) in [4.78, 5) is 3.99. The third kappa shape index (κ3) is 3.50. The highest BCUT2D eigenvalue weighted by molar-refractivity contribution is 5.75. The number of rotatable bonds is 4. The van der Waals surface area contributed by atoms with E-state index in [9.17, 15) is 0 Å². The van der Waals surface area contributed by atoms with Crippen LogP contribution in [0.2, 0.25) is 0 Å². The van der Waals surface area contributed by atoms with E-state index in [1.165, 1.54) is 16.7 Å². The molecule has 0 saturated carbocycles. The van der Waals surface area contributed by atoms with Gasteiger partial charge in [-0.1, -0.05) is 36.5 Å². The zero-order valence-corrected chi connectivity index (χ0v) is 10.3. The average molecular weight is 213 g/mol. The minimum atomic E-state index is 1.01. The van der Waals surface area contributed by atoms with E-state index < -0.39 is 0 Å². The van der Waals surface area contributed by atoms with E-state index in [0.717, 1.165) is 6.42 Å². The zero-order chi connectivity index (χ0) is 11.8. The van der Waals surface area contributed by atoms with Crippen molar-refractivity contribution in [3.8, 4) is 0 Å². The lowest BCUT2D eigenvalue weighted by Gasteiger charge is -2.03. The van der Waals surface area contributed by atoms with Crippen molar-refractivity contribution in [1.82, 2.24) is 0 Å². The summed E-state index contributed by atoms with van der Waals surface area (Å²) in [7, 11) is 1.79. The Morgan fingerprint density at radius 3 is 2.69 bits per heavy atom. The molecule has 0 atom stereocenters. The molecular formula is C15H19N. The van der Waals surface area contributed by atoms with E-state index in [-0.39, 0.29) is 0 Å². The highest BCUT2D eigenvalue weighted by Gasteiger charge is 2.08. The van der Waals surface area contributed by atoms with E-state index in [1.807, 2.05) is 20.1 Å². The average Bonchev–Trinajstić information content (AvgIpc) is 2.73. The number of nitrogens with zero attached hydrogens (tertiary/aromatic N) is 1. The van der Waals surface area contributed by atoms with Gasteiger partial charge in [0.05, 0.1) is 0 Å². The third-order valence-corrected chi connectivity index (χ3v) is 2.39. The van der Waals surface area contributed by atoms with Crippen LogP contribution in [0.25, 0.3) is 0 Å². The summed E-state index contributed by atoms with van der Waals surface area (Å²) >= 11 is 0. The van der Waals surface area contributed by atoms with Crippen molar-refractivity contribution in [1.29, 1.82) is 0 Å². The normalized spacial score (nSPS) is 17.8. The molecule has 0 N–H and O–H groups in total. The summed E-state index contributed by atoms with van der Waals surface area (Å²) in [5.41, 5.74) is 3.95. The maximum Gasteiger partial charge on any atom is 0.0277 e. The first-order valence-corrected chi connectivity index (χ1v) is 5.59. The van der Waals surface area contributed by atoms with Crippen molar-refractivity contribution < 1.29 is 0 Å². The van der Waals surface area contributed by atoms with Gasteiger partial charge in [-0.25, -0.2) is 0 Å². The van der Waals surface area contributed by atoms with Gasteiger partial charge in [-0.05, 0) is 43.1 Å². The molecule has 0 saturated heterocycles. The number of hydrogen-bond donors (Lipinski definition) is 0. The van der Waals surface area contributed by atoms with Gasteiger partial charge < -0.3 is 0 Å². The molecule has 1 nitrogen and oxygen atoms in total. The summed E-state index contributed by atoms with van der Waals surface area (Å²) in [5.74, 6) is 0. The molecule has 84 valence electrons. The summed E-state index contributed by atoms with van der Waals surface area (Å²) < 4.78 is 0. The first kappa shape index (κ1) is 12.4. The SMILES string of the molecule is C/C=C/C1=CC=C(C(/C=C/C)=C/C=NC)C1. The van der Waals surface area contributed by atoms with Gasteiger partial charge >= 0.3 is 0 Å². The molecule has 0 heterocycles. The predicted octanol–water partition coefficient (Wildman–Crippen LogP) is 4.02. The Morgan fingerprint density at radius 1 is 1.25 bits per heavy atom. The lowest BCUT2D eigenvalue weighted by molar-refractivity contribution is 1.22. The Labute approximate surface area is 98.3 Å². The van der Waals surface area contributed by atoms with Gasteiger partial charge in [0.15, 0.2) is 0 Å². The van der Waals surface area contributed by atoms with E-state index in [2.05, 4.69) is 47.5 Å². The smallest absolute Gasteiger partial charge is 0.0277 e. The number of allylic oxidation sites excluding steroid dienone is 10. The molecule has 16 heavy (non-hydrogen) atoms. The molecule has 0 bridgehead atoms. The molecule has 1 aliphatic rings. The summed E-state index contributed by atoms with van der Waals surface area (Å²) in [5, 5.41) is 0. The Balaban J connectivity index is 2.78. The second kappa shape index (κ2) is 6.78. The lowest BCUT2D eigenvalue weighted by Crippen LogP contribution is -1.86. The molecule has 1 aliphatic carbocycles. The Kier molecular flexibility index (Phi) is 5.27. The van der Waals surface area contributed by atoms with Crippen LogP contribution < -0.4 is 0 Å². The summed E-state index contributed by atoms with van der Waals surface area (Å²) in [6, 6.07) is 0. The van der Waals surface area contributed by atoms with Gasteiger partial charge in [0.25, 0.3) is 0 Å². The van der Waals surface area contributed by atoms with Crippen LogP contribution in [0.15, 0.2) is 64.2 Å². The molecule has 0 amide bonds. The maximum atomic E-state index is 3.99. The Bertz CT molecular complexity index is 401. The van der Waals surface area contributed by atoms with Gasteiger partial charge in [-0.2, -0.15) is 0 Å². The molecule has 0 aromatic carbocycles. The first-order chi connectivity index (χ1) is 7.81. The summed E-state index contributed by atoms with van der Waals surface area (Å²) in [6.07, 6.45) is 17.7. The minimum Gasteiger partial charge on any atom is -0.296 e. The van der Waals surface area contributed by atoms with Crippen LogP contribution in [0.4, 0.5) is 0 Å². The van der Waals surface area contributed by atoms with Gasteiger partial charge in [-0.3, -0.25) is 4.99 Å². The molecule has 0 fully saturated rings. The second-order valence-electron chi connectivity index (χ2n) is 3.64. The predicted molar refractivity (Wildman–Crippen MR) is 72.9 cm³/mol. The van der Waals surface area contributed by atoms with Crippen molar-refractivity contribution in [3.05, 3.63) is 59.3 Å². The van der Waals surface area contributed by atoms with E-state index in [4.69, 9.17) is 0 Å². The molecule has 0 aromatic rings. The molecule has 0 unspecified atom stereocenters. The summed E-state index contributed by atoms with van der Waals surface area (Å²) in [6.45, 7) is 4.08. The van der Waals surface area contributed by atoms with Crippen LogP contribution in [0.1, 0.15) is 20.3 Å². The molecule has 0 aromatic heterocycles. The van der Waals surface area contributed by atoms with Gasteiger partial charge in [0, 0.05) is 13.3 Å².